The van der Waals surface area contributed by atoms with Crippen LogP contribution in [-0.2, 0) is 4.74 Å². The molecule has 1 fully saturated rings. The van der Waals surface area contributed by atoms with Crippen molar-refractivity contribution in [1.82, 2.24) is 15.0 Å². The molecule has 1 aliphatic rings. The summed E-state index contributed by atoms with van der Waals surface area (Å²) in [5, 5.41) is 6.59. The van der Waals surface area contributed by atoms with Gasteiger partial charge in [0.05, 0.1) is 13.2 Å². The van der Waals surface area contributed by atoms with Gasteiger partial charge in [0.25, 0.3) is 0 Å². The average Bonchev–Trinajstić information content (AvgIpc) is 2.56. The highest BCUT2D eigenvalue weighted by Gasteiger charge is 2.16. The van der Waals surface area contributed by atoms with Crippen LogP contribution in [0.15, 0.2) is 0 Å². The van der Waals surface area contributed by atoms with Gasteiger partial charge in [0, 0.05) is 26.2 Å². The summed E-state index contributed by atoms with van der Waals surface area (Å²) in [5.74, 6) is 2.05. The second-order valence-corrected chi connectivity index (χ2v) is 5.44. The summed E-state index contributed by atoms with van der Waals surface area (Å²) >= 11 is 0. The van der Waals surface area contributed by atoms with Crippen molar-refractivity contribution in [3.8, 4) is 0 Å². The van der Waals surface area contributed by atoms with Gasteiger partial charge in [-0.05, 0) is 12.8 Å². The van der Waals surface area contributed by atoms with Crippen LogP contribution in [0.4, 0.5) is 17.8 Å². The van der Waals surface area contributed by atoms with Crippen LogP contribution >= 0.6 is 0 Å². The van der Waals surface area contributed by atoms with E-state index in [2.05, 4.69) is 44.3 Å². The topological polar surface area (TPSA) is 75.2 Å². The Hall–Kier alpha value is -1.63. The molecule has 0 amide bonds. The second kappa shape index (κ2) is 9.40. The fourth-order valence-corrected chi connectivity index (χ4v) is 2.18. The van der Waals surface area contributed by atoms with Gasteiger partial charge in [-0.25, -0.2) is 0 Å². The van der Waals surface area contributed by atoms with Crippen molar-refractivity contribution in [3.63, 3.8) is 0 Å². The summed E-state index contributed by atoms with van der Waals surface area (Å²) in [6.07, 6.45) is 4.51. The Balaban J connectivity index is 2.07. The van der Waals surface area contributed by atoms with Gasteiger partial charge in [0.1, 0.15) is 0 Å². The molecular weight excluding hydrogens is 280 g/mol. The Morgan fingerprint density at radius 3 is 1.95 bits per heavy atom. The Morgan fingerprint density at radius 1 is 0.909 bits per heavy atom. The molecule has 7 nitrogen and oxygen atoms in total. The third-order valence-electron chi connectivity index (χ3n) is 3.54. The molecule has 22 heavy (non-hydrogen) atoms. The molecule has 0 saturated carbocycles. The fraction of sp³-hybridized carbons (Fsp3) is 0.800. The molecule has 2 N–H and O–H groups in total. The number of ether oxygens (including phenoxy) is 1. The van der Waals surface area contributed by atoms with E-state index in [0.29, 0.717) is 11.9 Å². The number of rotatable bonds is 9. The van der Waals surface area contributed by atoms with Gasteiger partial charge >= 0.3 is 0 Å². The normalized spacial score (nSPS) is 14.9. The maximum Gasteiger partial charge on any atom is 0.232 e. The van der Waals surface area contributed by atoms with E-state index in [0.717, 1.165) is 71.0 Å². The first kappa shape index (κ1) is 16.7. The lowest BCUT2D eigenvalue weighted by Crippen LogP contribution is -2.37. The molecule has 0 aromatic carbocycles. The van der Waals surface area contributed by atoms with Crippen LogP contribution in [0.5, 0.6) is 0 Å². The number of nitrogens with one attached hydrogen (secondary N) is 2. The van der Waals surface area contributed by atoms with Gasteiger partial charge < -0.3 is 20.3 Å². The average molecular weight is 308 g/mol. The third kappa shape index (κ3) is 5.29. The van der Waals surface area contributed by atoms with Crippen LogP contribution in [0, 0.1) is 0 Å². The molecule has 0 radical (unpaired) electrons. The second-order valence-electron chi connectivity index (χ2n) is 5.44. The monoisotopic (exact) mass is 308 g/mol. The van der Waals surface area contributed by atoms with Crippen molar-refractivity contribution in [2.45, 2.75) is 39.5 Å². The Labute approximate surface area is 132 Å². The van der Waals surface area contributed by atoms with E-state index in [1.54, 1.807) is 0 Å². The van der Waals surface area contributed by atoms with Crippen LogP contribution in [0.2, 0.25) is 0 Å². The van der Waals surface area contributed by atoms with Gasteiger partial charge in [-0.1, -0.05) is 26.7 Å². The summed E-state index contributed by atoms with van der Waals surface area (Å²) < 4.78 is 5.40. The van der Waals surface area contributed by atoms with Gasteiger partial charge in [-0.2, -0.15) is 15.0 Å². The van der Waals surface area contributed by atoms with Crippen molar-refractivity contribution >= 4 is 17.8 Å². The first-order valence-corrected chi connectivity index (χ1v) is 8.40. The number of morpholine rings is 1. The van der Waals surface area contributed by atoms with Gasteiger partial charge in [0.2, 0.25) is 17.8 Å². The number of aromatic nitrogens is 3. The van der Waals surface area contributed by atoms with Crippen molar-refractivity contribution in [2.24, 2.45) is 0 Å². The highest BCUT2D eigenvalue weighted by molar-refractivity contribution is 5.44. The molecule has 1 aromatic rings. The first-order chi connectivity index (χ1) is 10.8. The minimum atomic E-state index is 0.656. The van der Waals surface area contributed by atoms with E-state index >= 15 is 0 Å². The van der Waals surface area contributed by atoms with Crippen LogP contribution in [0.1, 0.15) is 39.5 Å². The quantitative estimate of drug-likeness (QED) is 0.677. The van der Waals surface area contributed by atoms with Crippen LogP contribution in [0.25, 0.3) is 0 Å². The lowest BCUT2D eigenvalue weighted by atomic mass is 10.3. The molecule has 1 aliphatic heterocycles. The Morgan fingerprint density at radius 2 is 1.45 bits per heavy atom. The van der Waals surface area contributed by atoms with Crippen LogP contribution < -0.4 is 15.5 Å². The smallest absolute Gasteiger partial charge is 0.232 e. The highest BCUT2D eigenvalue weighted by Crippen LogP contribution is 2.15. The minimum Gasteiger partial charge on any atom is -0.378 e. The van der Waals surface area contributed by atoms with E-state index in [9.17, 15) is 0 Å². The lowest BCUT2D eigenvalue weighted by Gasteiger charge is -2.27. The number of nitrogens with zero attached hydrogens (tertiary/aromatic N) is 4. The van der Waals surface area contributed by atoms with E-state index in [1.807, 2.05) is 0 Å². The van der Waals surface area contributed by atoms with Crippen LogP contribution in [-0.4, -0.2) is 54.3 Å². The largest absolute Gasteiger partial charge is 0.378 e. The number of unbranched alkanes of at least 4 members (excludes halogenated alkanes) is 2. The molecule has 2 rings (SSSR count). The van der Waals surface area contributed by atoms with E-state index in [-0.39, 0.29) is 0 Å². The first-order valence-electron chi connectivity index (χ1n) is 8.40. The standard InChI is InChI=1S/C15H28N6O/c1-3-5-7-16-13-18-14(17-8-6-4-2)20-15(19-13)21-9-11-22-12-10-21/h3-12H2,1-2H3,(H2,16,17,18,19,20). The highest BCUT2D eigenvalue weighted by atomic mass is 16.5. The fourth-order valence-electron chi connectivity index (χ4n) is 2.18. The zero-order chi connectivity index (χ0) is 15.6. The molecule has 2 heterocycles. The maximum absolute atomic E-state index is 5.40. The van der Waals surface area contributed by atoms with Gasteiger partial charge in [-0.15, -0.1) is 0 Å². The number of anilines is 3. The van der Waals surface area contributed by atoms with E-state index < -0.39 is 0 Å². The molecule has 1 saturated heterocycles. The molecule has 124 valence electrons. The van der Waals surface area contributed by atoms with Crippen molar-refractivity contribution in [2.75, 3.05) is 54.9 Å². The zero-order valence-electron chi connectivity index (χ0n) is 13.8. The van der Waals surface area contributed by atoms with Gasteiger partial charge in [0.15, 0.2) is 0 Å². The third-order valence-corrected chi connectivity index (χ3v) is 3.54. The molecule has 0 atom stereocenters. The molecule has 0 unspecified atom stereocenters. The summed E-state index contributed by atoms with van der Waals surface area (Å²) in [4.78, 5) is 15.7. The van der Waals surface area contributed by atoms with Gasteiger partial charge in [-0.3, -0.25) is 0 Å². The summed E-state index contributed by atoms with van der Waals surface area (Å²) in [6.45, 7) is 9.22. The SMILES string of the molecule is CCCCNc1nc(NCCCC)nc(N2CCOCC2)n1. The zero-order valence-corrected chi connectivity index (χ0v) is 13.8. The lowest BCUT2D eigenvalue weighted by molar-refractivity contribution is 0.122. The van der Waals surface area contributed by atoms with Crippen molar-refractivity contribution in [1.29, 1.82) is 0 Å². The Kier molecular flexibility index (Phi) is 7.15. The molecule has 0 aliphatic carbocycles. The summed E-state index contributed by atoms with van der Waals surface area (Å²) in [7, 11) is 0. The number of hydrogen-bond donors (Lipinski definition) is 2. The molecular formula is C15H28N6O. The van der Waals surface area contributed by atoms with Crippen molar-refractivity contribution in [3.05, 3.63) is 0 Å². The van der Waals surface area contributed by atoms with Crippen LogP contribution in [0.3, 0.4) is 0 Å². The van der Waals surface area contributed by atoms with E-state index in [4.69, 9.17) is 4.74 Å². The van der Waals surface area contributed by atoms with Crippen molar-refractivity contribution < 1.29 is 4.74 Å². The van der Waals surface area contributed by atoms with E-state index in [1.165, 1.54) is 0 Å². The summed E-state index contributed by atoms with van der Waals surface area (Å²) in [6, 6.07) is 0. The maximum atomic E-state index is 5.40. The predicted octanol–water partition coefficient (Wildman–Crippen LogP) is 2.13. The molecule has 0 spiro atoms. The minimum absolute atomic E-state index is 0.656. The summed E-state index contributed by atoms with van der Waals surface area (Å²) in [5.41, 5.74) is 0. The molecule has 1 aromatic heterocycles. The predicted molar refractivity (Wildman–Crippen MR) is 89.7 cm³/mol. The number of hydrogen-bond acceptors (Lipinski definition) is 7. The molecule has 7 heteroatoms. The Bertz CT molecular complexity index is 408. The molecule has 0 bridgehead atoms.